The van der Waals surface area contributed by atoms with E-state index in [1.165, 1.54) is 4.90 Å². The molecule has 13 nitrogen and oxygen atoms in total. The Morgan fingerprint density at radius 3 is 2.60 bits per heavy atom. The Morgan fingerprint density at radius 1 is 1.13 bits per heavy atom. The van der Waals surface area contributed by atoms with E-state index in [4.69, 9.17) is 19.4 Å². The van der Waals surface area contributed by atoms with Crippen molar-refractivity contribution in [2.45, 2.75) is 101 Å². The fourth-order valence-electron chi connectivity index (χ4n) is 7.24. The Hall–Kier alpha value is -4.24. The SMILES string of the molecule is COc1cc(C)c2nc(-c3csc(C(C)C)n3)cc(O[C@H]3C[C@H]4C(=O)N(C)CCCC/C=C\[C@@H]5C[C@@]5(C(=O)NS(=O)(=O)C5(C)CC5)NC(=O)N4C3)c2c1. The highest BCUT2D eigenvalue weighted by atomic mass is 32.2. The standard InChI is InChI=1S/C38H48N6O7S2/c1-22(2)33-40-29(21-52-33)28-18-31(27-16-25(50-6)15-23(3)32(27)39-28)51-26-17-30-34(45)43(5)14-10-8-7-9-11-24-19-38(24,41-36(47)44(30)20-26)35(46)42-53(48,49)37(4)12-13-37/h9,11,15-16,18,21-22,24,26,30H,7-8,10,12-14,17,19-20H2,1-6H3,(H,41,47)(H,42,46)/b11-9-/t24-,26+,30+,38-/m1/s1. The highest BCUT2D eigenvalue weighted by molar-refractivity contribution is 7.91. The van der Waals surface area contributed by atoms with Crippen LogP contribution in [0.2, 0.25) is 0 Å². The van der Waals surface area contributed by atoms with Crippen molar-refractivity contribution in [2.75, 3.05) is 27.2 Å². The van der Waals surface area contributed by atoms with E-state index in [0.29, 0.717) is 36.6 Å². The highest BCUT2D eigenvalue weighted by Gasteiger charge is 2.63. The number of ether oxygens (including phenoxy) is 2. The predicted molar refractivity (Wildman–Crippen MR) is 202 cm³/mol. The first-order valence-corrected chi connectivity index (χ1v) is 20.7. The number of benzene rings is 1. The van der Waals surface area contributed by atoms with E-state index in [2.05, 4.69) is 23.9 Å². The highest BCUT2D eigenvalue weighted by Crippen LogP contribution is 2.47. The third-order valence-corrected chi connectivity index (χ3v) is 14.4. The summed E-state index contributed by atoms with van der Waals surface area (Å²) in [5, 5.41) is 6.60. The second kappa shape index (κ2) is 13.9. The number of aryl methyl sites for hydroxylation is 1. The molecule has 15 heteroatoms. The molecule has 0 bridgehead atoms. The van der Waals surface area contributed by atoms with Crippen molar-refractivity contribution in [3.63, 3.8) is 0 Å². The molecule has 3 aromatic rings. The molecule has 3 fully saturated rings. The molecule has 284 valence electrons. The zero-order valence-corrected chi connectivity index (χ0v) is 32.7. The molecular weight excluding hydrogens is 717 g/mol. The maximum absolute atomic E-state index is 14.3. The number of rotatable bonds is 8. The van der Waals surface area contributed by atoms with Crippen molar-refractivity contribution in [3.8, 4) is 22.9 Å². The molecular formula is C38H48N6O7S2. The van der Waals surface area contributed by atoms with Gasteiger partial charge in [0.15, 0.2) is 0 Å². The summed E-state index contributed by atoms with van der Waals surface area (Å²) >= 11 is 1.57. The summed E-state index contributed by atoms with van der Waals surface area (Å²) in [6.07, 6.45) is 6.99. The smallest absolute Gasteiger partial charge is 0.319 e. The average molecular weight is 765 g/mol. The normalized spacial score (nSPS) is 26.4. The van der Waals surface area contributed by atoms with Crippen LogP contribution in [-0.2, 0) is 19.6 Å². The van der Waals surface area contributed by atoms with Gasteiger partial charge in [0.1, 0.15) is 29.2 Å². The molecule has 4 heterocycles. The first-order valence-electron chi connectivity index (χ1n) is 18.3. The largest absolute Gasteiger partial charge is 0.497 e. The number of pyridine rings is 1. The van der Waals surface area contributed by atoms with E-state index < -0.39 is 44.4 Å². The van der Waals surface area contributed by atoms with Crippen LogP contribution in [0, 0.1) is 12.8 Å². The molecule has 0 radical (unpaired) electrons. The van der Waals surface area contributed by atoms with Gasteiger partial charge in [0.2, 0.25) is 15.9 Å². The summed E-state index contributed by atoms with van der Waals surface area (Å²) in [4.78, 5) is 55.0. The van der Waals surface area contributed by atoms with Gasteiger partial charge in [-0.25, -0.2) is 23.2 Å². The third kappa shape index (κ3) is 7.09. The van der Waals surface area contributed by atoms with Crippen LogP contribution < -0.4 is 19.5 Å². The summed E-state index contributed by atoms with van der Waals surface area (Å²) in [7, 11) is -0.607. The predicted octanol–water partition coefficient (Wildman–Crippen LogP) is 5.29. The molecule has 2 saturated carbocycles. The van der Waals surface area contributed by atoms with Gasteiger partial charge in [0.05, 0.1) is 40.3 Å². The molecule has 2 aliphatic heterocycles. The van der Waals surface area contributed by atoms with Crippen LogP contribution in [0.4, 0.5) is 4.79 Å². The lowest BCUT2D eigenvalue weighted by atomic mass is 10.1. The van der Waals surface area contributed by atoms with E-state index in [1.54, 1.807) is 37.3 Å². The topological polar surface area (TPSA) is 160 Å². The van der Waals surface area contributed by atoms with Crippen LogP contribution in [0.3, 0.4) is 0 Å². The fourth-order valence-corrected chi connectivity index (χ4v) is 9.38. The zero-order chi connectivity index (χ0) is 37.9. The summed E-state index contributed by atoms with van der Waals surface area (Å²) in [5.74, 6) is 0.0519. The monoisotopic (exact) mass is 764 g/mol. The van der Waals surface area contributed by atoms with Gasteiger partial charge in [-0.05, 0) is 70.1 Å². The van der Waals surface area contributed by atoms with E-state index >= 15 is 0 Å². The number of nitrogens with zero attached hydrogens (tertiary/aromatic N) is 4. The number of carbonyl (C=O) groups is 3. The van der Waals surface area contributed by atoms with Gasteiger partial charge in [-0.1, -0.05) is 26.0 Å². The first-order chi connectivity index (χ1) is 25.1. The van der Waals surface area contributed by atoms with Crippen LogP contribution >= 0.6 is 11.3 Å². The second-order valence-electron chi connectivity index (χ2n) is 15.5. The van der Waals surface area contributed by atoms with Crippen LogP contribution in [0.25, 0.3) is 22.3 Å². The number of sulfonamides is 1. The van der Waals surface area contributed by atoms with Crippen molar-refractivity contribution in [1.82, 2.24) is 29.8 Å². The quantitative estimate of drug-likeness (QED) is 0.291. The Morgan fingerprint density at radius 2 is 1.91 bits per heavy atom. The van der Waals surface area contributed by atoms with E-state index in [-0.39, 0.29) is 37.1 Å². The minimum absolute atomic E-state index is 0.0565. The van der Waals surface area contributed by atoms with Gasteiger partial charge in [0, 0.05) is 48.7 Å². The summed E-state index contributed by atoms with van der Waals surface area (Å²) in [6.45, 7) is 8.34. The number of hydrogen-bond donors (Lipinski definition) is 2. The lowest BCUT2D eigenvalue weighted by molar-refractivity contribution is -0.134. The van der Waals surface area contributed by atoms with Crippen LogP contribution in [0.5, 0.6) is 11.5 Å². The first kappa shape index (κ1) is 37.1. The number of thiazole rings is 1. The molecule has 1 aromatic carbocycles. The number of fused-ring (bicyclic) bond motifs is 3. The molecule has 2 aliphatic carbocycles. The molecule has 1 saturated heterocycles. The van der Waals surface area contributed by atoms with Gasteiger partial charge in [-0.2, -0.15) is 0 Å². The molecule has 0 spiro atoms. The van der Waals surface area contributed by atoms with E-state index in [0.717, 1.165) is 46.4 Å². The summed E-state index contributed by atoms with van der Waals surface area (Å²) < 4.78 is 39.8. The number of amides is 4. The minimum atomic E-state index is -3.94. The van der Waals surface area contributed by atoms with Crippen molar-refractivity contribution in [1.29, 1.82) is 0 Å². The third-order valence-electron chi connectivity index (χ3n) is 11.1. The van der Waals surface area contributed by atoms with Gasteiger partial charge in [0.25, 0.3) is 5.91 Å². The number of urea groups is 1. The van der Waals surface area contributed by atoms with E-state index in [9.17, 15) is 22.8 Å². The van der Waals surface area contributed by atoms with Gasteiger partial charge in [-0.15, -0.1) is 11.3 Å². The molecule has 0 unspecified atom stereocenters. The lowest BCUT2D eigenvalue weighted by Gasteiger charge is -2.30. The number of nitrogens with one attached hydrogen (secondary N) is 2. The van der Waals surface area contributed by atoms with Crippen molar-refractivity contribution in [3.05, 3.63) is 46.3 Å². The number of methoxy groups -OCH3 is 1. The molecule has 2 aromatic heterocycles. The van der Waals surface area contributed by atoms with Crippen molar-refractivity contribution < 1.29 is 32.3 Å². The molecule has 7 rings (SSSR count). The molecule has 2 N–H and O–H groups in total. The molecule has 4 aliphatic rings. The Bertz CT molecular complexity index is 2090. The van der Waals surface area contributed by atoms with Gasteiger partial charge in [-0.3, -0.25) is 14.3 Å². The van der Waals surface area contributed by atoms with Crippen molar-refractivity contribution >= 4 is 50.1 Å². The van der Waals surface area contributed by atoms with Gasteiger partial charge >= 0.3 is 6.03 Å². The molecule has 53 heavy (non-hydrogen) atoms. The zero-order valence-electron chi connectivity index (χ0n) is 31.1. The number of likely N-dealkylation sites (N-methyl/N-ethyl adjacent to an activating group) is 1. The molecule has 4 amide bonds. The summed E-state index contributed by atoms with van der Waals surface area (Å²) in [6, 6.07) is 4.14. The lowest BCUT2D eigenvalue weighted by Crippen LogP contribution is -2.58. The fraction of sp³-hybridized carbons (Fsp3) is 0.553. The van der Waals surface area contributed by atoms with Gasteiger partial charge < -0.3 is 24.6 Å². The number of aromatic nitrogens is 2. The number of hydrogen-bond acceptors (Lipinski definition) is 10. The Labute approximate surface area is 314 Å². The molecule has 4 atom stereocenters. The number of allylic oxidation sites excluding steroid dienone is 1. The van der Waals surface area contributed by atoms with Crippen LogP contribution in [0.1, 0.15) is 82.2 Å². The average Bonchev–Trinajstić information content (AvgIpc) is 3.89. The van der Waals surface area contributed by atoms with Crippen LogP contribution in [-0.4, -0.2) is 95.7 Å². The van der Waals surface area contributed by atoms with Crippen molar-refractivity contribution in [2.24, 2.45) is 5.92 Å². The Balaban J connectivity index is 1.21. The maximum atomic E-state index is 14.3. The maximum Gasteiger partial charge on any atom is 0.319 e. The number of carbonyl (C=O) groups excluding carboxylic acids is 3. The van der Waals surface area contributed by atoms with Crippen LogP contribution in [0.15, 0.2) is 35.7 Å². The Kier molecular flexibility index (Phi) is 9.71. The minimum Gasteiger partial charge on any atom is -0.497 e. The van der Waals surface area contributed by atoms with E-state index in [1.807, 2.05) is 42.7 Å². The summed E-state index contributed by atoms with van der Waals surface area (Å²) in [5.41, 5.74) is 1.53. The second-order valence-corrected chi connectivity index (χ2v) is 18.6.